The molecule has 1 aromatic rings. The van der Waals surface area contributed by atoms with Crippen molar-refractivity contribution in [2.75, 3.05) is 0 Å². The van der Waals surface area contributed by atoms with E-state index in [-0.39, 0.29) is 17.7 Å². The van der Waals surface area contributed by atoms with Gasteiger partial charge >= 0.3 is 6.09 Å². The summed E-state index contributed by atoms with van der Waals surface area (Å²) in [6.45, 7) is 5.92. The topological polar surface area (TPSA) is 38.3 Å². The van der Waals surface area contributed by atoms with Gasteiger partial charge in [-0.2, -0.15) is 0 Å². The van der Waals surface area contributed by atoms with E-state index in [1.165, 1.54) is 47.9 Å². The molecule has 0 aromatic heterocycles. The third-order valence-corrected chi connectivity index (χ3v) is 4.59. The van der Waals surface area contributed by atoms with Crippen LogP contribution < -0.4 is 5.32 Å². The molecule has 2 aliphatic carbocycles. The van der Waals surface area contributed by atoms with Gasteiger partial charge in [0.1, 0.15) is 6.10 Å². The molecule has 3 rings (SSSR count). The molecule has 0 fully saturated rings. The van der Waals surface area contributed by atoms with Crippen LogP contribution in [0.4, 0.5) is 4.79 Å². The van der Waals surface area contributed by atoms with E-state index in [0.717, 1.165) is 19.3 Å². The van der Waals surface area contributed by atoms with Crippen molar-refractivity contribution in [3.05, 3.63) is 34.4 Å². The van der Waals surface area contributed by atoms with Crippen molar-refractivity contribution in [1.29, 1.82) is 0 Å². The van der Waals surface area contributed by atoms with Gasteiger partial charge in [0.2, 0.25) is 0 Å². The molecule has 0 radical (unpaired) electrons. The van der Waals surface area contributed by atoms with Crippen molar-refractivity contribution in [3.8, 4) is 0 Å². The first-order chi connectivity index (χ1) is 10.4. The van der Waals surface area contributed by atoms with Gasteiger partial charge < -0.3 is 10.1 Å². The molecule has 2 aliphatic rings. The zero-order valence-corrected chi connectivity index (χ0v) is 14.0. The Morgan fingerprint density at radius 2 is 1.68 bits per heavy atom. The second-order valence-electron chi connectivity index (χ2n) is 7.69. The molecule has 0 aliphatic heterocycles. The number of benzene rings is 1. The quantitative estimate of drug-likeness (QED) is 0.831. The van der Waals surface area contributed by atoms with Crippen LogP contribution in [0.25, 0.3) is 0 Å². The predicted molar refractivity (Wildman–Crippen MR) is 88.1 cm³/mol. The Bertz CT molecular complexity index is 572. The van der Waals surface area contributed by atoms with Gasteiger partial charge in [0.15, 0.2) is 0 Å². The van der Waals surface area contributed by atoms with Crippen molar-refractivity contribution in [2.45, 2.75) is 77.4 Å². The van der Waals surface area contributed by atoms with Crippen LogP contribution in [0.1, 0.15) is 74.8 Å². The number of hydrogen-bond donors (Lipinski definition) is 1. The molecule has 120 valence electrons. The summed E-state index contributed by atoms with van der Waals surface area (Å²) >= 11 is 0. The molecular weight excluding hydrogens is 274 g/mol. The number of aryl methyl sites for hydroxylation is 3. The molecule has 0 spiro atoms. The Hall–Kier alpha value is -1.51. The summed E-state index contributed by atoms with van der Waals surface area (Å²) in [5, 5.41) is 2.90. The second kappa shape index (κ2) is 5.94. The minimum Gasteiger partial charge on any atom is -0.441 e. The van der Waals surface area contributed by atoms with Gasteiger partial charge in [-0.1, -0.05) is 12.1 Å². The zero-order chi connectivity index (χ0) is 15.7. The summed E-state index contributed by atoms with van der Waals surface area (Å²) in [6, 6.07) is 4.69. The third kappa shape index (κ3) is 3.45. The summed E-state index contributed by atoms with van der Waals surface area (Å²) in [4.78, 5) is 12.1. The molecule has 0 bridgehead atoms. The summed E-state index contributed by atoms with van der Waals surface area (Å²) < 4.78 is 5.73. The highest BCUT2D eigenvalue weighted by Crippen LogP contribution is 2.36. The van der Waals surface area contributed by atoms with Crippen LogP contribution in [0, 0.1) is 0 Å². The van der Waals surface area contributed by atoms with Crippen LogP contribution in [-0.4, -0.2) is 11.6 Å². The van der Waals surface area contributed by atoms with Gasteiger partial charge in [-0.3, -0.25) is 0 Å². The van der Waals surface area contributed by atoms with Gasteiger partial charge in [0.05, 0.1) is 0 Å². The van der Waals surface area contributed by atoms with Crippen LogP contribution in [0.2, 0.25) is 0 Å². The molecule has 1 amide bonds. The lowest BCUT2D eigenvalue weighted by Crippen LogP contribution is -2.41. The maximum atomic E-state index is 12.1. The monoisotopic (exact) mass is 301 g/mol. The average molecular weight is 301 g/mol. The van der Waals surface area contributed by atoms with Crippen molar-refractivity contribution >= 4 is 6.09 Å². The highest BCUT2D eigenvalue weighted by Gasteiger charge is 2.27. The summed E-state index contributed by atoms with van der Waals surface area (Å²) in [5.41, 5.74) is 5.36. The van der Waals surface area contributed by atoms with Gasteiger partial charge in [-0.25, -0.2) is 4.79 Å². The van der Waals surface area contributed by atoms with Crippen molar-refractivity contribution in [3.63, 3.8) is 0 Å². The highest BCUT2D eigenvalue weighted by atomic mass is 16.6. The standard InChI is InChI=1S/C19H27NO2/c1-19(2,3)20-18(21)22-17-10-6-9-15-11-13-7-4-5-8-14(13)12-16(15)17/h11-12,17H,4-10H2,1-3H3,(H,20,21). The molecule has 3 nitrogen and oxygen atoms in total. The molecule has 0 saturated heterocycles. The lowest BCUT2D eigenvalue weighted by Gasteiger charge is -2.29. The van der Waals surface area contributed by atoms with E-state index in [2.05, 4.69) is 17.4 Å². The Labute approximate surface area is 133 Å². The van der Waals surface area contributed by atoms with Crippen LogP contribution in [0.15, 0.2) is 12.1 Å². The molecule has 22 heavy (non-hydrogen) atoms. The van der Waals surface area contributed by atoms with Gasteiger partial charge in [-0.05, 0) is 88.0 Å². The van der Waals surface area contributed by atoms with Crippen LogP contribution >= 0.6 is 0 Å². The lowest BCUT2D eigenvalue weighted by atomic mass is 9.82. The van der Waals surface area contributed by atoms with Crippen LogP contribution in [0.3, 0.4) is 0 Å². The Kier molecular flexibility index (Phi) is 4.16. The first kappa shape index (κ1) is 15.4. The van der Waals surface area contributed by atoms with Crippen LogP contribution in [0.5, 0.6) is 0 Å². The number of rotatable bonds is 1. The molecule has 1 unspecified atom stereocenters. The Morgan fingerprint density at radius 1 is 1.05 bits per heavy atom. The van der Waals surface area contributed by atoms with Gasteiger partial charge in [-0.15, -0.1) is 0 Å². The molecule has 3 heteroatoms. The number of nitrogens with one attached hydrogen (secondary N) is 1. The third-order valence-electron chi connectivity index (χ3n) is 4.59. The smallest absolute Gasteiger partial charge is 0.408 e. The summed E-state index contributed by atoms with van der Waals surface area (Å²) in [7, 11) is 0. The molecule has 1 aromatic carbocycles. The number of ether oxygens (including phenoxy) is 1. The normalized spacial score (nSPS) is 20.8. The van der Waals surface area contributed by atoms with E-state index in [1.54, 1.807) is 0 Å². The van der Waals surface area contributed by atoms with E-state index in [9.17, 15) is 4.79 Å². The molecular formula is C19H27NO2. The first-order valence-corrected chi connectivity index (χ1v) is 8.56. The largest absolute Gasteiger partial charge is 0.441 e. The highest BCUT2D eigenvalue weighted by molar-refractivity contribution is 5.68. The van der Waals surface area contributed by atoms with Crippen molar-refractivity contribution < 1.29 is 9.53 Å². The zero-order valence-electron chi connectivity index (χ0n) is 14.0. The molecule has 0 heterocycles. The fourth-order valence-electron chi connectivity index (χ4n) is 3.59. The maximum absolute atomic E-state index is 12.1. The number of fused-ring (bicyclic) bond motifs is 2. The first-order valence-electron chi connectivity index (χ1n) is 8.56. The minimum atomic E-state index is -0.303. The Balaban J connectivity index is 1.80. The number of carbonyl (C=O) groups is 1. The molecule has 1 atom stereocenters. The minimum absolute atomic E-state index is 0.0849. The SMILES string of the molecule is CC(C)(C)NC(=O)OC1CCCc2cc3c(cc21)CCCC3. The maximum Gasteiger partial charge on any atom is 0.408 e. The molecule has 1 N–H and O–H groups in total. The lowest BCUT2D eigenvalue weighted by molar-refractivity contribution is 0.0815. The number of amides is 1. The second-order valence-corrected chi connectivity index (χ2v) is 7.69. The van der Waals surface area contributed by atoms with Crippen molar-refractivity contribution in [2.24, 2.45) is 0 Å². The fourth-order valence-corrected chi connectivity index (χ4v) is 3.59. The molecule has 0 saturated carbocycles. The number of hydrogen-bond acceptors (Lipinski definition) is 2. The fraction of sp³-hybridized carbons (Fsp3) is 0.632. The Morgan fingerprint density at radius 3 is 2.36 bits per heavy atom. The van der Waals surface area contributed by atoms with Crippen molar-refractivity contribution in [1.82, 2.24) is 5.32 Å². The summed E-state index contributed by atoms with van der Waals surface area (Å²) in [5.74, 6) is 0. The van der Waals surface area contributed by atoms with E-state index >= 15 is 0 Å². The van der Waals surface area contributed by atoms with E-state index in [4.69, 9.17) is 4.74 Å². The van der Waals surface area contributed by atoms with E-state index in [1.807, 2.05) is 20.8 Å². The number of carbonyl (C=O) groups excluding carboxylic acids is 1. The van der Waals surface area contributed by atoms with Crippen LogP contribution in [-0.2, 0) is 24.0 Å². The van der Waals surface area contributed by atoms with Gasteiger partial charge in [0, 0.05) is 5.54 Å². The average Bonchev–Trinajstić information content (AvgIpc) is 2.43. The summed E-state index contributed by atoms with van der Waals surface area (Å²) in [6.07, 6.45) is 7.72. The predicted octanol–water partition coefficient (Wildman–Crippen LogP) is 4.47. The van der Waals surface area contributed by atoms with Gasteiger partial charge in [0.25, 0.3) is 0 Å². The van der Waals surface area contributed by atoms with E-state index < -0.39 is 0 Å². The number of alkyl carbamates (subject to hydrolysis) is 1. The van der Waals surface area contributed by atoms with E-state index in [0.29, 0.717) is 0 Å².